The van der Waals surface area contributed by atoms with E-state index in [0.717, 1.165) is 5.39 Å². The summed E-state index contributed by atoms with van der Waals surface area (Å²) in [4.78, 5) is 8.09. The summed E-state index contributed by atoms with van der Waals surface area (Å²) in [6.45, 7) is -0.192. The minimum absolute atomic E-state index is 0.0629. The molecule has 0 aliphatic carbocycles. The van der Waals surface area contributed by atoms with Crippen molar-refractivity contribution in [2.24, 2.45) is 13.0 Å². The molecule has 0 amide bonds. The second-order valence-corrected chi connectivity index (χ2v) is 3.87. The molecule has 7 heteroatoms. The highest BCUT2D eigenvalue weighted by atomic mass is 16.5. The van der Waals surface area contributed by atoms with Crippen LogP contribution < -0.4 is 10.5 Å². The zero-order valence-corrected chi connectivity index (χ0v) is 9.87. The molecule has 2 aromatic rings. The maximum absolute atomic E-state index is 8.91. The number of nitrogens with zero attached hydrogens (tertiary/aromatic N) is 4. The summed E-state index contributed by atoms with van der Waals surface area (Å²) in [6.07, 6.45) is 1.82. The van der Waals surface area contributed by atoms with E-state index >= 15 is 0 Å². The number of aryl methyl sites for hydroxylation is 1. The van der Waals surface area contributed by atoms with E-state index in [1.165, 1.54) is 0 Å². The fourth-order valence-corrected chi connectivity index (χ4v) is 1.55. The quantitative estimate of drug-likeness (QED) is 0.790. The number of fused-ring (bicyclic) bond motifs is 1. The van der Waals surface area contributed by atoms with Crippen molar-refractivity contribution in [3.05, 3.63) is 12.3 Å². The van der Waals surface area contributed by atoms with Crippen LogP contribution in [0.5, 0.6) is 5.88 Å². The summed E-state index contributed by atoms with van der Waals surface area (Å²) in [5, 5.41) is 18.4. The van der Waals surface area contributed by atoms with Gasteiger partial charge in [-0.1, -0.05) is 0 Å². The SMILES string of the molecule is Cn1ccc2c(OCC(C#N)CO)nc(N)nc21. The lowest BCUT2D eigenvalue weighted by Gasteiger charge is -2.09. The number of nitriles is 1. The second-order valence-electron chi connectivity index (χ2n) is 3.87. The monoisotopic (exact) mass is 247 g/mol. The van der Waals surface area contributed by atoms with Crippen LogP contribution in [0.4, 0.5) is 5.95 Å². The largest absolute Gasteiger partial charge is 0.476 e. The Morgan fingerprint density at radius 2 is 2.39 bits per heavy atom. The van der Waals surface area contributed by atoms with Crippen LogP contribution in [0.1, 0.15) is 0 Å². The molecule has 1 atom stereocenters. The smallest absolute Gasteiger partial charge is 0.227 e. The predicted molar refractivity (Wildman–Crippen MR) is 64.6 cm³/mol. The van der Waals surface area contributed by atoms with E-state index in [2.05, 4.69) is 9.97 Å². The highest BCUT2D eigenvalue weighted by Crippen LogP contribution is 2.24. The lowest BCUT2D eigenvalue weighted by molar-refractivity contribution is 0.192. The zero-order valence-electron chi connectivity index (χ0n) is 9.87. The zero-order chi connectivity index (χ0) is 13.1. The van der Waals surface area contributed by atoms with Gasteiger partial charge in [-0.05, 0) is 6.07 Å². The number of aromatic nitrogens is 3. The van der Waals surface area contributed by atoms with Crippen LogP contribution in [0.25, 0.3) is 11.0 Å². The molecule has 0 fully saturated rings. The standard InChI is InChI=1S/C11H13N5O2/c1-16-3-2-8-9(16)14-11(13)15-10(8)18-6-7(4-12)5-17/h2-3,7,17H,5-6H2,1H3,(H2,13,14,15). The Labute approximate surface area is 103 Å². The fourth-order valence-electron chi connectivity index (χ4n) is 1.55. The Bertz CT molecular complexity index is 601. The topological polar surface area (TPSA) is 110 Å². The first kappa shape index (κ1) is 12.1. The lowest BCUT2D eigenvalue weighted by Crippen LogP contribution is -2.15. The number of anilines is 1. The van der Waals surface area contributed by atoms with Crippen LogP contribution in [0.15, 0.2) is 12.3 Å². The van der Waals surface area contributed by atoms with Gasteiger partial charge in [0.1, 0.15) is 18.2 Å². The number of nitrogen functional groups attached to an aromatic ring is 1. The Hall–Kier alpha value is -2.33. The third kappa shape index (κ3) is 2.19. The number of aliphatic hydroxyl groups excluding tert-OH is 1. The molecular weight excluding hydrogens is 234 g/mol. The summed E-state index contributed by atoms with van der Waals surface area (Å²) >= 11 is 0. The average molecular weight is 247 g/mol. The molecule has 2 rings (SSSR count). The molecule has 7 nitrogen and oxygen atoms in total. The van der Waals surface area contributed by atoms with Gasteiger partial charge in [-0.3, -0.25) is 0 Å². The molecule has 0 bridgehead atoms. The third-order valence-electron chi connectivity index (χ3n) is 2.53. The van der Waals surface area contributed by atoms with Gasteiger partial charge in [0.15, 0.2) is 0 Å². The molecule has 3 N–H and O–H groups in total. The molecular formula is C11H13N5O2. The van der Waals surface area contributed by atoms with E-state index in [-0.39, 0.29) is 19.2 Å². The van der Waals surface area contributed by atoms with Crippen molar-refractivity contribution < 1.29 is 9.84 Å². The number of aliphatic hydroxyl groups is 1. The van der Waals surface area contributed by atoms with Crippen molar-refractivity contribution in [1.82, 2.24) is 14.5 Å². The molecule has 18 heavy (non-hydrogen) atoms. The Morgan fingerprint density at radius 3 is 3.06 bits per heavy atom. The van der Waals surface area contributed by atoms with E-state index in [1.54, 1.807) is 4.57 Å². The van der Waals surface area contributed by atoms with Gasteiger partial charge in [-0.2, -0.15) is 15.2 Å². The van der Waals surface area contributed by atoms with Crippen LogP contribution in [-0.4, -0.2) is 32.9 Å². The first-order chi connectivity index (χ1) is 8.65. The minimum atomic E-state index is -0.583. The number of hydrogen-bond acceptors (Lipinski definition) is 6. The van der Waals surface area contributed by atoms with Gasteiger partial charge < -0.3 is 20.1 Å². The first-order valence-electron chi connectivity index (χ1n) is 5.37. The van der Waals surface area contributed by atoms with E-state index in [0.29, 0.717) is 11.5 Å². The molecule has 94 valence electrons. The normalized spacial score (nSPS) is 12.3. The maximum Gasteiger partial charge on any atom is 0.227 e. The highest BCUT2D eigenvalue weighted by molar-refractivity contribution is 5.82. The molecule has 2 aromatic heterocycles. The molecule has 0 radical (unpaired) electrons. The number of ether oxygens (including phenoxy) is 1. The number of rotatable bonds is 4. The highest BCUT2D eigenvalue weighted by Gasteiger charge is 2.13. The van der Waals surface area contributed by atoms with Crippen molar-refractivity contribution in [3.63, 3.8) is 0 Å². The van der Waals surface area contributed by atoms with Gasteiger partial charge >= 0.3 is 0 Å². The van der Waals surface area contributed by atoms with Gasteiger partial charge in [-0.25, -0.2) is 0 Å². The Kier molecular flexibility index (Phi) is 3.30. The molecule has 0 aliphatic rings. The molecule has 1 unspecified atom stereocenters. The summed E-state index contributed by atoms with van der Waals surface area (Å²) in [6, 6.07) is 3.74. The summed E-state index contributed by atoms with van der Waals surface area (Å²) < 4.78 is 7.23. The van der Waals surface area contributed by atoms with Gasteiger partial charge in [0.25, 0.3) is 0 Å². The van der Waals surface area contributed by atoms with E-state index in [1.807, 2.05) is 25.4 Å². The fraction of sp³-hybridized carbons (Fsp3) is 0.364. The van der Waals surface area contributed by atoms with E-state index in [4.69, 9.17) is 20.8 Å². The van der Waals surface area contributed by atoms with Crippen LogP contribution in [0.3, 0.4) is 0 Å². The predicted octanol–water partition coefficient (Wildman–Crippen LogP) is 0.0614. The first-order valence-corrected chi connectivity index (χ1v) is 5.37. The van der Waals surface area contributed by atoms with Crippen molar-refractivity contribution >= 4 is 17.0 Å². The van der Waals surface area contributed by atoms with Gasteiger partial charge in [0.05, 0.1) is 18.1 Å². The van der Waals surface area contributed by atoms with Crippen molar-refractivity contribution in [2.75, 3.05) is 18.9 Å². The number of hydrogen-bond donors (Lipinski definition) is 2. The average Bonchev–Trinajstić information content (AvgIpc) is 2.72. The molecule has 2 heterocycles. The van der Waals surface area contributed by atoms with Gasteiger partial charge in [-0.15, -0.1) is 0 Å². The van der Waals surface area contributed by atoms with Crippen molar-refractivity contribution in [2.45, 2.75) is 0 Å². The van der Waals surface area contributed by atoms with Crippen LogP contribution in [0.2, 0.25) is 0 Å². The summed E-state index contributed by atoms with van der Waals surface area (Å²) in [5.74, 6) is -0.149. The van der Waals surface area contributed by atoms with Crippen LogP contribution >= 0.6 is 0 Å². The lowest BCUT2D eigenvalue weighted by atomic mass is 10.2. The van der Waals surface area contributed by atoms with Gasteiger partial charge in [0, 0.05) is 13.2 Å². The molecule has 0 saturated heterocycles. The molecule has 0 spiro atoms. The summed E-state index contributed by atoms with van der Waals surface area (Å²) in [5.41, 5.74) is 6.26. The van der Waals surface area contributed by atoms with Crippen LogP contribution in [-0.2, 0) is 7.05 Å². The van der Waals surface area contributed by atoms with Gasteiger partial charge in [0.2, 0.25) is 11.8 Å². The van der Waals surface area contributed by atoms with Crippen molar-refractivity contribution in [3.8, 4) is 11.9 Å². The van der Waals surface area contributed by atoms with E-state index in [9.17, 15) is 0 Å². The molecule has 0 aliphatic heterocycles. The minimum Gasteiger partial charge on any atom is -0.476 e. The summed E-state index contributed by atoms with van der Waals surface area (Å²) in [7, 11) is 1.84. The van der Waals surface area contributed by atoms with Crippen LogP contribution in [0, 0.1) is 17.2 Å². The Morgan fingerprint density at radius 1 is 1.61 bits per heavy atom. The van der Waals surface area contributed by atoms with Crippen molar-refractivity contribution in [1.29, 1.82) is 5.26 Å². The molecule has 0 aromatic carbocycles. The molecule has 0 saturated carbocycles. The number of nitrogens with two attached hydrogens (primary N) is 1. The third-order valence-corrected chi connectivity index (χ3v) is 2.53. The second kappa shape index (κ2) is 4.89. The van der Waals surface area contributed by atoms with E-state index < -0.39 is 5.92 Å². The Balaban J connectivity index is 2.30. The maximum atomic E-state index is 8.91.